The number of fused-ring (bicyclic) bond motifs is 1. The first kappa shape index (κ1) is 11.5. The third-order valence-electron chi connectivity index (χ3n) is 2.96. The highest BCUT2D eigenvalue weighted by atomic mass is 35.5. The minimum absolute atomic E-state index is 0.738. The number of nitrogens with zero attached hydrogens (tertiary/aromatic N) is 1. The number of anilines is 1. The van der Waals surface area contributed by atoms with Crippen molar-refractivity contribution in [2.75, 3.05) is 5.73 Å². The molecule has 0 fully saturated rings. The van der Waals surface area contributed by atoms with Gasteiger partial charge in [-0.2, -0.15) is 0 Å². The molecule has 4 heteroatoms. The van der Waals surface area contributed by atoms with Crippen LogP contribution in [0.3, 0.4) is 0 Å². The second kappa shape index (κ2) is 4.26. The maximum Gasteiger partial charge on any atom is 0.124 e. The van der Waals surface area contributed by atoms with Gasteiger partial charge in [-0.3, -0.25) is 0 Å². The monoisotopic (exact) mass is 274 g/mol. The van der Waals surface area contributed by atoms with Gasteiger partial charge in [0.2, 0.25) is 0 Å². The van der Waals surface area contributed by atoms with Crippen LogP contribution in [0, 0.1) is 6.92 Å². The van der Waals surface area contributed by atoms with Crippen molar-refractivity contribution in [3.05, 3.63) is 47.0 Å². The largest absolute Gasteiger partial charge is 0.398 e. The molecule has 2 N–H and O–H groups in total. The summed E-state index contributed by atoms with van der Waals surface area (Å²) in [5.41, 5.74) is 9.86. The molecule has 90 valence electrons. The van der Waals surface area contributed by atoms with Crippen LogP contribution in [-0.4, -0.2) is 4.98 Å². The fraction of sp³-hybridized carbons (Fsp3) is 0.0714. The van der Waals surface area contributed by atoms with Crippen LogP contribution >= 0.6 is 22.9 Å². The highest BCUT2D eigenvalue weighted by Crippen LogP contribution is 2.34. The van der Waals surface area contributed by atoms with E-state index < -0.39 is 0 Å². The molecule has 1 heterocycles. The molecule has 0 unspecified atom stereocenters. The molecule has 0 radical (unpaired) electrons. The number of hydrogen-bond donors (Lipinski definition) is 1. The van der Waals surface area contributed by atoms with Crippen LogP contribution in [0.2, 0.25) is 5.02 Å². The Balaban J connectivity index is 2.22. The Morgan fingerprint density at radius 1 is 1.22 bits per heavy atom. The second-order valence-electron chi connectivity index (χ2n) is 4.15. The normalized spacial score (nSPS) is 11.0. The van der Waals surface area contributed by atoms with Crippen LogP contribution in [0.5, 0.6) is 0 Å². The molecule has 0 aliphatic heterocycles. The van der Waals surface area contributed by atoms with Crippen molar-refractivity contribution in [3.8, 4) is 10.6 Å². The highest BCUT2D eigenvalue weighted by molar-refractivity contribution is 7.21. The Labute approximate surface area is 114 Å². The predicted molar refractivity (Wildman–Crippen MR) is 79.2 cm³/mol. The third kappa shape index (κ3) is 1.85. The number of nitrogen functional groups attached to an aromatic ring is 1. The van der Waals surface area contributed by atoms with E-state index in [-0.39, 0.29) is 0 Å². The number of benzene rings is 2. The van der Waals surface area contributed by atoms with E-state index in [0.717, 1.165) is 37.1 Å². The van der Waals surface area contributed by atoms with Gasteiger partial charge in [-0.05, 0) is 36.8 Å². The summed E-state index contributed by atoms with van der Waals surface area (Å²) >= 11 is 7.63. The number of thiazole rings is 1. The molecule has 2 aromatic carbocycles. The minimum Gasteiger partial charge on any atom is -0.398 e. The Morgan fingerprint density at radius 3 is 2.89 bits per heavy atom. The van der Waals surface area contributed by atoms with E-state index in [1.54, 1.807) is 11.3 Å². The Bertz CT molecular complexity index is 734. The van der Waals surface area contributed by atoms with Gasteiger partial charge in [0.25, 0.3) is 0 Å². The molecule has 1 aromatic heterocycles. The molecule has 0 atom stereocenters. The average Bonchev–Trinajstić information content (AvgIpc) is 2.75. The van der Waals surface area contributed by atoms with Crippen molar-refractivity contribution in [3.63, 3.8) is 0 Å². The first-order chi connectivity index (χ1) is 8.65. The molecule has 0 aliphatic rings. The molecule has 2 nitrogen and oxygen atoms in total. The van der Waals surface area contributed by atoms with E-state index in [4.69, 9.17) is 17.3 Å². The first-order valence-corrected chi connectivity index (χ1v) is 6.76. The summed E-state index contributed by atoms with van der Waals surface area (Å²) in [6, 6.07) is 11.7. The molecule has 0 saturated heterocycles. The molecular formula is C14H11ClN2S. The van der Waals surface area contributed by atoms with E-state index >= 15 is 0 Å². The molecule has 0 bridgehead atoms. The number of aromatic nitrogens is 1. The summed E-state index contributed by atoms with van der Waals surface area (Å²) in [6.45, 7) is 2.02. The van der Waals surface area contributed by atoms with Gasteiger partial charge < -0.3 is 5.73 Å². The summed E-state index contributed by atoms with van der Waals surface area (Å²) in [5.74, 6) is 0. The summed E-state index contributed by atoms with van der Waals surface area (Å²) in [6.07, 6.45) is 0. The topological polar surface area (TPSA) is 38.9 Å². The molecule has 3 aromatic rings. The van der Waals surface area contributed by atoms with E-state index in [1.807, 2.05) is 43.3 Å². The number of rotatable bonds is 1. The van der Waals surface area contributed by atoms with E-state index in [1.165, 1.54) is 0 Å². The fourth-order valence-corrected chi connectivity index (χ4v) is 3.22. The van der Waals surface area contributed by atoms with Crippen LogP contribution in [0.1, 0.15) is 5.56 Å². The Morgan fingerprint density at radius 2 is 2.06 bits per heavy atom. The molecule has 18 heavy (non-hydrogen) atoms. The Hall–Kier alpha value is -1.58. The predicted octanol–water partition coefficient (Wildman–Crippen LogP) is 4.51. The zero-order valence-electron chi connectivity index (χ0n) is 9.77. The van der Waals surface area contributed by atoms with Crippen LogP contribution in [-0.2, 0) is 0 Å². The summed E-state index contributed by atoms with van der Waals surface area (Å²) < 4.78 is 1.10. The molecule has 0 saturated carbocycles. The van der Waals surface area contributed by atoms with Gasteiger partial charge in [0, 0.05) is 16.3 Å². The summed E-state index contributed by atoms with van der Waals surface area (Å²) in [4.78, 5) is 4.63. The Kier molecular flexibility index (Phi) is 2.73. The molecule has 0 amide bonds. The van der Waals surface area contributed by atoms with Crippen LogP contribution in [0.15, 0.2) is 36.4 Å². The molecule has 3 rings (SSSR count). The van der Waals surface area contributed by atoms with Gasteiger partial charge in [-0.15, -0.1) is 11.3 Å². The maximum atomic E-state index is 5.99. The number of halogens is 1. The van der Waals surface area contributed by atoms with Crippen molar-refractivity contribution in [1.29, 1.82) is 0 Å². The zero-order chi connectivity index (χ0) is 12.7. The van der Waals surface area contributed by atoms with Crippen molar-refractivity contribution >= 4 is 38.8 Å². The standard InChI is InChI=1S/C14H11ClN2S/c1-8-10(3-2-4-11(8)16)14-17-12-6-5-9(15)7-13(12)18-14/h2-7H,16H2,1H3. The first-order valence-electron chi connectivity index (χ1n) is 5.57. The van der Waals surface area contributed by atoms with Crippen molar-refractivity contribution in [2.24, 2.45) is 0 Å². The molecule has 0 aliphatic carbocycles. The second-order valence-corrected chi connectivity index (χ2v) is 5.62. The molecule has 0 spiro atoms. The fourth-order valence-electron chi connectivity index (χ4n) is 1.90. The molecular weight excluding hydrogens is 264 g/mol. The lowest BCUT2D eigenvalue weighted by Gasteiger charge is -2.04. The SMILES string of the molecule is Cc1c(N)cccc1-c1nc2ccc(Cl)cc2s1. The van der Waals surface area contributed by atoms with E-state index in [9.17, 15) is 0 Å². The lowest BCUT2D eigenvalue weighted by molar-refractivity contribution is 1.41. The average molecular weight is 275 g/mol. The van der Waals surface area contributed by atoms with E-state index in [0.29, 0.717) is 0 Å². The van der Waals surface area contributed by atoms with Crippen molar-refractivity contribution in [1.82, 2.24) is 4.98 Å². The van der Waals surface area contributed by atoms with Gasteiger partial charge in [0.05, 0.1) is 10.2 Å². The van der Waals surface area contributed by atoms with Crippen molar-refractivity contribution in [2.45, 2.75) is 6.92 Å². The van der Waals surface area contributed by atoms with Crippen LogP contribution in [0.4, 0.5) is 5.69 Å². The quantitative estimate of drug-likeness (QED) is 0.663. The van der Waals surface area contributed by atoms with E-state index in [2.05, 4.69) is 4.98 Å². The van der Waals surface area contributed by atoms with Crippen LogP contribution < -0.4 is 5.73 Å². The number of hydrogen-bond acceptors (Lipinski definition) is 3. The lowest BCUT2D eigenvalue weighted by atomic mass is 10.1. The minimum atomic E-state index is 0.738. The van der Waals surface area contributed by atoms with Gasteiger partial charge in [-0.25, -0.2) is 4.98 Å². The third-order valence-corrected chi connectivity index (χ3v) is 4.24. The zero-order valence-corrected chi connectivity index (χ0v) is 11.3. The maximum absolute atomic E-state index is 5.99. The van der Waals surface area contributed by atoms with Crippen molar-refractivity contribution < 1.29 is 0 Å². The van der Waals surface area contributed by atoms with Gasteiger partial charge in [0.15, 0.2) is 0 Å². The highest BCUT2D eigenvalue weighted by Gasteiger charge is 2.10. The lowest BCUT2D eigenvalue weighted by Crippen LogP contribution is -1.91. The van der Waals surface area contributed by atoms with Gasteiger partial charge >= 0.3 is 0 Å². The number of nitrogens with two attached hydrogens (primary N) is 1. The van der Waals surface area contributed by atoms with Gasteiger partial charge in [-0.1, -0.05) is 23.7 Å². The smallest absolute Gasteiger partial charge is 0.124 e. The summed E-state index contributed by atoms with van der Waals surface area (Å²) in [5, 5.41) is 1.72. The van der Waals surface area contributed by atoms with Gasteiger partial charge in [0.1, 0.15) is 5.01 Å². The summed E-state index contributed by atoms with van der Waals surface area (Å²) in [7, 11) is 0. The van der Waals surface area contributed by atoms with Crippen LogP contribution in [0.25, 0.3) is 20.8 Å².